The van der Waals surface area contributed by atoms with Gasteiger partial charge in [-0.3, -0.25) is 0 Å². The van der Waals surface area contributed by atoms with Crippen LogP contribution in [0.2, 0.25) is 0 Å². The molecular formula is C7H6N2O3. The van der Waals surface area contributed by atoms with Crippen molar-refractivity contribution in [3.05, 3.63) is 36.7 Å². The summed E-state index contributed by atoms with van der Waals surface area (Å²) in [6, 6.07) is 0. The van der Waals surface area contributed by atoms with Crippen LogP contribution in [-0.4, -0.2) is 15.1 Å². The smallest absolute Gasteiger partial charge is 0.232 e. The van der Waals surface area contributed by atoms with Gasteiger partial charge in [0.05, 0.1) is 12.4 Å². The highest BCUT2D eigenvalue weighted by molar-refractivity contribution is 4.99. The molecule has 0 radical (unpaired) electrons. The molecule has 0 aliphatic heterocycles. The normalized spacial score (nSPS) is 10.8. The minimum absolute atomic E-state index is 0.178. The second-order valence-corrected chi connectivity index (χ2v) is 2.14. The van der Waals surface area contributed by atoms with Crippen LogP contribution in [-0.2, 0) is 0 Å². The third-order valence-corrected chi connectivity index (χ3v) is 1.37. The van der Waals surface area contributed by atoms with E-state index in [1.807, 2.05) is 0 Å². The third-order valence-electron chi connectivity index (χ3n) is 1.37. The fraction of sp³-hybridized carbons (Fsp3) is 0.143. The first-order valence-corrected chi connectivity index (χ1v) is 3.35. The average molecular weight is 166 g/mol. The fourth-order valence-corrected chi connectivity index (χ4v) is 0.845. The lowest BCUT2D eigenvalue weighted by atomic mass is 10.3. The van der Waals surface area contributed by atoms with Gasteiger partial charge in [0, 0.05) is 0 Å². The van der Waals surface area contributed by atoms with Crippen molar-refractivity contribution in [2.45, 2.75) is 6.10 Å². The molecule has 0 atom stereocenters. The first kappa shape index (κ1) is 7.05. The molecule has 0 fully saturated rings. The highest BCUT2D eigenvalue weighted by Gasteiger charge is 2.18. The molecule has 0 spiro atoms. The topological polar surface area (TPSA) is 72.3 Å². The molecule has 0 unspecified atom stereocenters. The predicted octanol–water partition coefficient (Wildman–Crippen LogP) is 0.744. The highest BCUT2D eigenvalue weighted by Crippen LogP contribution is 2.17. The first-order valence-electron chi connectivity index (χ1n) is 3.35. The monoisotopic (exact) mass is 166 g/mol. The molecule has 2 aromatic heterocycles. The number of hydrogen-bond acceptors (Lipinski definition) is 5. The molecule has 0 aliphatic carbocycles. The minimum Gasteiger partial charge on any atom is -0.446 e. The summed E-state index contributed by atoms with van der Waals surface area (Å²) in [5, 5.41) is 9.46. The van der Waals surface area contributed by atoms with E-state index in [1.165, 1.54) is 24.9 Å². The largest absolute Gasteiger partial charge is 0.446 e. The van der Waals surface area contributed by atoms with Gasteiger partial charge in [-0.15, -0.1) is 0 Å². The number of aromatic nitrogens is 2. The molecule has 0 bridgehead atoms. The molecule has 0 amide bonds. The van der Waals surface area contributed by atoms with Crippen LogP contribution >= 0.6 is 0 Å². The van der Waals surface area contributed by atoms with Gasteiger partial charge in [0.2, 0.25) is 17.9 Å². The summed E-state index contributed by atoms with van der Waals surface area (Å²) < 4.78 is 9.72. The van der Waals surface area contributed by atoms with Crippen molar-refractivity contribution < 1.29 is 13.9 Å². The molecule has 0 saturated carbocycles. The van der Waals surface area contributed by atoms with E-state index in [2.05, 4.69) is 9.97 Å². The van der Waals surface area contributed by atoms with Crippen molar-refractivity contribution in [2.24, 2.45) is 0 Å². The Bertz CT molecular complexity index is 293. The van der Waals surface area contributed by atoms with Gasteiger partial charge in [-0.2, -0.15) is 0 Å². The van der Waals surface area contributed by atoms with Crippen LogP contribution in [0.4, 0.5) is 0 Å². The quantitative estimate of drug-likeness (QED) is 0.712. The van der Waals surface area contributed by atoms with E-state index < -0.39 is 6.10 Å². The summed E-state index contributed by atoms with van der Waals surface area (Å²) >= 11 is 0. The van der Waals surface area contributed by atoms with Crippen molar-refractivity contribution in [3.63, 3.8) is 0 Å². The van der Waals surface area contributed by atoms with Crippen molar-refractivity contribution in [2.75, 3.05) is 0 Å². The van der Waals surface area contributed by atoms with Crippen molar-refractivity contribution in [1.82, 2.24) is 9.97 Å². The Labute approximate surface area is 67.7 Å². The number of nitrogens with zero attached hydrogens (tertiary/aromatic N) is 2. The van der Waals surface area contributed by atoms with E-state index in [9.17, 15) is 5.11 Å². The molecular weight excluding hydrogens is 160 g/mol. The maximum atomic E-state index is 9.46. The zero-order valence-electron chi connectivity index (χ0n) is 6.04. The zero-order chi connectivity index (χ0) is 8.39. The van der Waals surface area contributed by atoms with Gasteiger partial charge in [-0.05, 0) is 0 Å². The lowest BCUT2D eigenvalue weighted by Crippen LogP contribution is -1.99. The van der Waals surface area contributed by atoms with Crippen LogP contribution in [0.1, 0.15) is 17.9 Å². The molecule has 5 heteroatoms. The molecule has 2 aromatic rings. The number of aliphatic hydroxyl groups is 1. The van der Waals surface area contributed by atoms with Gasteiger partial charge in [-0.25, -0.2) is 9.97 Å². The molecule has 0 aliphatic rings. The van der Waals surface area contributed by atoms with E-state index in [4.69, 9.17) is 8.83 Å². The van der Waals surface area contributed by atoms with E-state index >= 15 is 0 Å². The van der Waals surface area contributed by atoms with Crippen LogP contribution < -0.4 is 0 Å². The van der Waals surface area contributed by atoms with Crippen LogP contribution in [0.3, 0.4) is 0 Å². The number of oxazole rings is 2. The Morgan fingerprint density at radius 3 is 1.92 bits per heavy atom. The Kier molecular flexibility index (Phi) is 1.64. The van der Waals surface area contributed by atoms with Crippen LogP contribution in [0.15, 0.2) is 33.8 Å². The Morgan fingerprint density at radius 2 is 1.58 bits per heavy atom. The SMILES string of the molecule is OC(c1ncco1)c1ncco1. The van der Waals surface area contributed by atoms with Gasteiger partial charge in [0.25, 0.3) is 0 Å². The van der Waals surface area contributed by atoms with Gasteiger partial charge >= 0.3 is 0 Å². The zero-order valence-corrected chi connectivity index (χ0v) is 6.04. The average Bonchev–Trinajstić information content (AvgIpc) is 2.77. The van der Waals surface area contributed by atoms with Crippen molar-refractivity contribution in [1.29, 1.82) is 0 Å². The first-order chi connectivity index (χ1) is 5.88. The maximum Gasteiger partial charge on any atom is 0.232 e. The van der Waals surface area contributed by atoms with Crippen LogP contribution in [0.25, 0.3) is 0 Å². The molecule has 5 nitrogen and oxygen atoms in total. The second kappa shape index (κ2) is 2.78. The summed E-state index contributed by atoms with van der Waals surface area (Å²) in [6.45, 7) is 0. The lowest BCUT2D eigenvalue weighted by molar-refractivity contribution is 0.150. The fourth-order valence-electron chi connectivity index (χ4n) is 0.845. The van der Waals surface area contributed by atoms with Gasteiger partial charge in [0.1, 0.15) is 12.5 Å². The maximum absolute atomic E-state index is 9.46. The van der Waals surface area contributed by atoms with E-state index in [0.29, 0.717) is 0 Å². The summed E-state index contributed by atoms with van der Waals surface area (Å²) in [5.74, 6) is 0.356. The van der Waals surface area contributed by atoms with Crippen LogP contribution in [0, 0.1) is 0 Å². The summed E-state index contributed by atoms with van der Waals surface area (Å²) in [6.07, 6.45) is 4.63. The molecule has 62 valence electrons. The summed E-state index contributed by atoms with van der Waals surface area (Å²) in [4.78, 5) is 7.51. The van der Waals surface area contributed by atoms with Crippen molar-refractivity contribution in [3.8, 4) is 0 Å². The minimum atomic E-state index is -1.02. The Balaban J connectivity index is 2.27. The standard InChI is InChI=1S/C7H6N2O3/c10-5(6-8-1-3-11-6)7-9-2-4-12-7/h1-5,10H. The Hall–Kier alpha value is -1.62. The number of rotatable bonds is 2. The van der Waals surface area contributed by atoms with E-state index in [0.717, 1.165) is 0 Å². The van der Waals surface area contributed by atoms with Gasteiger partial charge in [-0.1, -0.05) is 0 Å². The van der Waals surface area contributed by atoms with Gasteiger partial charge in [0.15, 0.2) is 0 Å². The molecule has 0 aromatic carbocycles. The Morgan fingerprint density at radius 1 is 1.08 bits per heavy atom. The molecule has 1 N–H and O–H groups in total. The van der Waals surface area contributed by atoms with Gasteiger partial charge < -0.3 is 13.9 Å². The highest BCUT2D eigenvalue weighted by atomic mass is 16.4. The molecule has 2 rings (SSSR count). The lowest BCUT2D eigenvalue weighted by Gasteiger charge is -1.98. The van der Waals surface area contributed by atoms with Crippen molar-refractivity contribution >= 4 is 0 Å². The molecule has 12 heavy (non-hydrogen) atoms. The molecule has 2 heterocycles. The predicted molar refractivity (Wildman–Crippen MR) is 37.1 cm³/mol. The summed E-state index contributed by atoms with van der Waals surface area (Å²) in [7, 11) is 0. The van der Waals surface area contributed by atoms with Crippen LogP contribution in [0.5, 0.6) is 0 Å². The van der Waals surface area contributed by atoms with E-state index in [-0.39, 0.29) is 11.8 Å². The number of aliphatic hydroxyl groups excluding tert-OH is 1. The number of hydrogen-bond donors (Lipinski definition) is 1. The van der Waals surface area contributed by atoms with E-state index in [1.54, 1.807) is 0 Å². The summed E-state index contributed by atoms with van der Waals surface area (Å²) in [5.41, 5.74) is 0. The third kappa shape index (κ3) is 1.10. The second-order valence-electron chi connectivity index (χ2n) is 2.14. The molecule has 0 saturated heterocycles.